The number of halogens is 1. The molecule has 0 aliphatic carbocycles. The number of carbonyl (C=O) groups excluding carboxylic acids is 3. The molecule has 4 rings (SSSR count). The largest absolute Gasteiger partial charge is 0.366 e. The summed E-state index contributed by atoms with van der Waals surface area (Å²) >= 11 is 6.04. The van der Waals surface area contributed by atoms with Crippen LogP contribution in [0.25, 0.3) is 6.08 Å². The van der Waals surface area contributed by atoms with Gasteiger partial charge >= 0.3 is 6.03 Å². The molecule has 0 radical (unpaired) electrons. The smallest absolute Gasteiger partial charge is 0.335 e. The Morgan fingerprint density at radius 1 is 1.18 bits per heavy atom. The Labute approximate surface area is 199 Å². The highest BCUT2D eigenvalue weighted by Gasteiger charge is 2.38. The van der Waals surface area contributed by atoms with Crippen LogP contribution in [0, 0.1) is 6.92 Å². The summed E-state index contributed by atoms with van der Waals surface area (Å²) in [6.07, 6.45) is 2.59. The van der Waals surface area contributed by atoms with Crippen LogP contribution in [0.5, 0.6) is 0 Å². The quantitative estimate of drug-likeness (QED) is 0.485. The van der Waals surface area contributed by atoms with Gasteiger partial charge in [0.05, 0.1) is 5.69 Å². The highest BCUT2D eigenvalue weighted by molar-refractivity contribution is 6.39. The fraction of sp³-hybridized carbons (Fsp3) is 0.346. The maximum Gasteiger partial charge on any atom is 0.335 e. The number of urea groups is 1. The van der Waals surface area contributed by atoms with Crippen LogP contribution >= 0.6 is 11.6 Å². The van der Waals surface area contributed by atoms with Gasteiger partial charge in [-0.25, -0.2) is 9.69 Å². The van der Waals surface area contributed by atoms with E-state index in [0.717, 1.165) is 29.0 Å². The lowest BCUT2D eigenvalue weighted by Gasteiger charge is -2.47. The van der Waals surface area contributed by atoms with Crippen molar-refractivity contribution >= 4 is 46.9 Å². The fourth-order valence-electron chi connectivity index (χ4n) is 5.07. The van der Waals surface area contributed by atoms with Crippen molar-refractivity contribution in [1.82, 2.24) is 5.32 Å². The normalized spacial score (nSPS) is 21.3. The van der Waals surface area contributed by atoms with Gasteiger partial charge in [-0.05, 0) is 93.1 Å². The van der Waals surface area contributed by atoms with Crippen LogP contribution < -0.4 is 15.1 Å². The van der Waals surface area contributed by atoms with Crippen LogP contribution in [0.15, 0.2) is 42.0 Å². The number of amides is 4. The molecule has 1 saturated heterocycles. The number of barbiturate groups is 1. The summed E-state index contributed by atoms with van der Waals surface area (Å²) in [6, 6.07) is 9.82. The van der Waals surface area contributed by atoms with Gasteiger partial charge in [0.1, 0.15) is 5.57 Å². The number of rotatable bonds is 3. The first kappa shape index (κ1) is 23.1. The summed E-state index contributed by atoms with van der Waals surface area (Å²) in [5.74, 6) is -1.05. The molecule has 2 aromatic rings. The van der Waals surface area contributed by atoms with E-state index in [2.05, 4.69) is 50.0 Å². The average Bonchev–Trinajstić information content (AvgIpc) is 2.71. The Balaban J connectivity index is 1.78. The van der Waals surface area contributed by atoms with E-state index < -0.39 is 17.8 Å². The lowest BCUT2D eigenvalue weighted by atomic mass is 9.79. The van der Waals surface area contributed by atoms with E-state index in [9.17, 15) is 14.4 Å². The van der Waals surface area contributed by atoms with Crippen LogP contribution in [-0.2, 0) is 9.59 Å². The zero-order chi connectivity index (χ0) is 24.1. The predicted octanol–water partition coefficient (Wildman–Crippen LogP) is 5.43. The van der Waals surface area contributed by atoms with Crippen LogP contribution in [0.1, 0.15) is 56.7 Å². The Bertz CT molecular complexity index is 1200. The second kappa shape index (κ2) is 8.34. The molecule has 0 bridgehead atoms. The molecule has 2 heterocycles. The minimum atomic E-state index is -0.791. The Morgan fingerprint density at radius 2 is 1.91 bits per heavy atom. The SMILES string of the molecule is CCN1c2cc(C)c(/C=C3\C(=O)NC(=O)N(c4cccc(Cl)c4)C3=O)cc2[C@H](C)CC1(C)C. The molecule has 172 valence electrons. The monoisotopic (exact) mass is 465 g/mol. The summed E-state index contributed by atoms with van der Waals surface area (Å²) in [5.41, 5.74) is 4.39. The van der Waals surface area contributed by atoms with Crippen molar-refractivity contribution in [2.24, 2.45) is 0 Å². The highest BCUT2D eigenvalue weighted by Crippen LogP contribution is 2.44. The summed E-state index contributed by atoms with van der Waals surface area (Å²) in [6.45, 7) is 11.7. The predicted molar refractivity (Wildman–Crippen MR) is 132 cm³/mol. The van der Waals surface area contributed by atoms with Gasteiger partial charge in [0.2, 0.25) is 0 Å². The minimum Gasteiger partial charge on any atom is -0.366 e. The number of nitrogens with one attached hydrogen (secondary N) is 1. The van der Waals surface area contributed by atoms with Gasteiger partial charge in [0.25, 0.3) is 11.8 Å². The molecule has 7 heteroatoms. The molecule has 6 nitrogen and oxygen atoms in total. The average molecular weight is 466 g/mol. The number of aryl methyl sites for hydroxylation is 1. The lowest BCUT2D eigenvalue weighted by molar-refractivity contribution is -0.122. The molecule has 1 fully saturated rings. The van der Waals surface area contributed by atoms with Gasteiger partial charge in [-0.3, -0.25) is 14.9 Å². The molecular weight excluding hydrogens is 438 g/mol. The second-order valence-corrected chi connectivity index (χ2v) is 9.80. The standard InChI is InChI=1S/C26H28ClN3O3/c1-6-29-22-10-15(2)17(11-20(22)16(3)14-26(29,4)5)12-21-23(31)28-25(33)30(24(21)32)19-9-7-8-18(27)13-19/h7-13,16H,6,14H2,1-5H3,(H,28,31,33)/b21-12+/t16-/m1/s1. The summed E-state index contributed by atoms with van der Waals surface area (Å²) in [7, 11) is 0. The van der Waals surface area contributed by atoms with Crippen molar-refractivity contribution in [2.75, 3.05) is 16.3 Å². The van der Waals surface area contributed by atoms with Gasteiger partial charge in [-0.15, -0.1) is 0 Å². The molecule has 1 N–H and O–H groups in total. The fourth-order valence-corrected chi connectivity index (χ4v) is 5.25. The van der Waals surface area contributed by atoms with E-state index in [4.69, 9.17) is 11.6 Å². The van der Waals surface area contributed by atoms with Gasteiger partial charge in [-0.2, -0.15) is 0 Å². The van der Waals surface area contributed by atoms with E-state index >= 15 is 0 Å². The summed E-state index contributed by atoms with van der Waals surface area (Å²) in [5, 5.41) is 2.66. The molecule has 0 spiro atoms. The minimum absolute atomic E-state index is 0.0463. The molecule has 1 atom stereocenters. The van der Waals surface area contributed by atoms with Crippen molar-refractivity contribution in [1.29, 1.82) is 0 Å². The maximum absolute atomic E-state index is 13.2. The van der Waals surface area contributed by atoms with Crippen LogP contribution in [0.2, 0.25) is 5.02 Å². The van der Waals surface area contributed by atoms with Crippen LogP contribution in [-0.4, -0.2) is 29.9 Å². The number of fused-ring (bicyclic) bond motifs is 1. The van der Waals surface area contributed by atoms with Gasteiger partial charge in [-0.1, -0.05) is 24.6 Å². The van der Waals surface area contributed by atoms with E-state index in [1.165, 1.54) is 17.3 Å². The van der Waals surface area contributed by atoms with E-state index in [1.807, 2.05) is 6.92 Å². The first-order chi connectivity index (χ1) is 15.5. The van der Waals surface area contributed by atoms with Gasteiger partial charge in [0.15, 0.2) is 0 Å². The van der Waals surface area contributed by atoms with E-state index in [1.54, 1.807) is 24.3 Å². The van der Waals surface area contributed by atoms with Crippen molar-refractivity contribution < 1.29 is 14.4 Å². The number of anilines is 2. The third-order valence-electron chi connectivity index (χ3n) is 6.56. The molecular formula is C26H28ClN3O3. The number of imide groups is 2. The second-order valence-electron chi connectivity index (χ2n) is 9.37. The molecule has 0 saturated carbocycles. The number of nitrogens with zero attached hydrogens (tertiary/aromatic N) is 2. The first-order valence-corrected chi connectivity index (χ1v) is 11.5. The third kappa shape index (κ3) is 4.04. The van der Waals surface area contributed by atoms with Gasteiger partial charge < -0.3 is 4.90 Å². The molecule has 2 aliphatic rings. The number of carbonyl (C=O) groups is 3. The van der Waals surface area contributed by atoms with Gasteiger partial charge in [0, 0.05) is 22.8 Å². The van der Waals surface area contributed by atoms with E-state index in [-0.39, 0.29) is 11.1 Å². The Morgan fingerprint density at radius 3 is 2.58 bits per heavy atom. The van der Waals surface area contributed by atoms with Crippen LogP contribution in [0.3, 0.4) is 0 Å². The van der Waals surface area contributed by atoms with Crippen LogP contribution in [0.4, 0.5) is 16.2 Å². The molecule has 0 unspecified atom stereocenters. The van der Waals surface area contributed by atoms with Crippen molar-refractivity contribution in [3.8, 4) is 0 Å². The Hall–Kier alpha value is -3.12. The molecule has 2 aromatic carbocycles. The molecule has 0 aromatic heterocycles. The number of hydrogen-bond donors (Lipinski definition) is 1. The highest BCUT2D eigenvalue weighted by atomic mass is 35.5. The zero-order valence-electron chi connectivity index (χ0n) is 19.5. The molecule has 4 amide bonds. The van der Waals surface area contributed by atoms with Crippen molar-refractivity contribution in [3.63, 3.8) is 0 Å². The third-order valence-corrected chi connectivity index (χ3v) is 6.79. The summed E-state index contributed by atoms with van der Waals surface area (Å²) < 4.78 is 0. The van der Waals surface area contributed by atoms with Crippen molar-refractivity contribution in [3.05, 3.63) is 63.7 Å². The van der Waals surface area contributed by atoms with E-state index in [0.29, 0.717) is 16.6 Å². The topological polar surface area (TPSA) is 69.7 Å². The lowest BCUT2D eigenvalue weighted by Crippen LogP contribution is -2.54. The molecule has 33 heavy (non-hydrogen) atoms. The van der Waals surface area contributed by atoms with Crippen molar-refractivity contribution in [2.45, 2.75) is 52.5 Å². The first-order valence-electron chi connectivity index (χ1n) is 11.1. The number of benzene rings is 2. The molecule has 2 aliphatic heterocycles. The zero-order valence-corrected chi connectivity index (χ0v) is 20.3. The summed E-state index contributed by atoms with van der Waals surface area (Å²) in [4.78, 5) is 41.7. The Kier molecular flexibility index (Phi) is 5.83. The number of hydrogen-bond acceptors (Lipinski definition) is 4. The maximum atomic E-state index is 13.2.